The van der Waals surface area contributed by atoms with Crippen molar-refractivity contribution in [2.75, 3.05) is 11.1 Å². The van der Waals surface area contributed by atoms with Gasteiger partial charge in [0.15, 0.2) is 5.13 Å². The van der Waals surface area contributed by atoms with Gasteiger partial charge in [0.25, 0.3) is 5.91 Å². The van der Waals surface area contributed by atoms with E-state index in [1.54, 1.807) is 6.92 Å². The second kappa shape index (κ2) is 7.91. The summed E-state index contributed by atoms with van der Waals surface area (Å²) in [7, 11) is 0. The molecule has 2 aromatic heterocycles. The number of imidazole rings is 1. The van der Waals surface area contributed by atoms with Crippen molar-refractivity contribution in [1.29, 1.82) is 0 Å². The molecule has 0 saturated heterocycles. The van der Waals surface area contributed by atoms with Crippen molar-refractivity contribution in [1.82, 2.24) is 14.5 Å². The van der Waals surface area contributed by atoms with E-state index >= 15 is 0 Å². The Bertz CT molecular complexity index is 1150. The maximum absolute atomic E-state index is 12.6. The van der Waals surface area contributed by atoms with Crippen molar-refractivity contribution in [3.63, 3.8) is 0 Å². The highest BCUT2D eigenvalue weighted by molar-refractivity contribution is 8.01. The lowest BCUT2D eigenvalue weighted by atomic mass is 10.2. The molecule has 0 aliphatic carbocycles. The minimum Gasteiger partial charge on any atom is -0.369 e. The molecular formula is C16H14F3N5O3S2. The van der Waals surface area contributed by atoms with E-state index in [4.69, 9.17) is 5.73 Å². The number of thioether (sulfide) groups is 1. The van der Waals surface area contributed by atoms with Gasteiger partial charge in [-0.1, -0.05) is 11.3 Å². The Balaban J connectivity index is 1.80. The molecular weight excluding hydrogens is 431 g/mol. The number of nitrogens with two attached hydrogens (primary N) is 1. The Morgan fingerprint density at radius 3 is 2.76 bits per heavy atom. The number of aryl methyl sites for hydroxylation is 1. The van der Waals surface area contributed by atoms with Crippen LogP contribution in [0.5, 0.6) is 0 Å². The van der Waals surface area contributed by atoms with E-state index in [0.717, 1.165) is 4.21 Å². The molecule has 0 radical (unpaired) electrons. The largest absolute Gasteiger partial charge is 0.406 e. The molecule has 0 bridgehead atoms. The lowest BCUT2D eigenvalue weighted by Gasteiger charge is -2.07. The summed E-state index contributed by atoms with van der Waals surface area (Å²) in [6.45, 7) is 0.289. The van der Waals surface area contributed by atoms with Crippen molar-refractivity contribution in [3.05, 3.63) is 39.9 Å². The topological polar surface area (TPSA) is 123 Å². The van der Waals surface area contributed by atoms with E-state index in [1.807, 2.05) is 0 Å². The fourth-order valence-electron chi connectivity index (χ4n) is 2.52. The van der Waals surface area contributed by atoms with Gasteiger partial charge < -0.3 is 10.7 Å². The van der Waals surface area contributed by atoms with Gasteiger partial charge in [-0.2, -0.15) is 13.2 Å². The first-order valence-electron chi connectivity index (χ1n) is 8.02. The quantitative estimate of drug-likeness (QED) is 0.503. The van der Waals surface area contributed by atoms with E-state index in [2.05, 4.69) is 15.3 Å². The smallest absolute Gasteiger partial charge is 0.369 e. The number of aromatic amines is 1. The van der Waals surface area contributed by atoms with Crippen LogP contribution in [0.1, 0.15) is 16.1 Å². The standard InChI is InChI=1S/C16H14F3N5O3S2/c1-7-13(28-5-11(20)25)29-14(21-7)23-12(26)8-2-3-10-9(4-8)22-15(27)24(10)6-16(17,18)19/h2-4H,5-6H2,1H3,(H2,20,25)(H,22,27)(H,21,23,26). The molecule has 29 heavy (non-hydrogen) atoms. The minimum absolute atomic E-state index is 0.0408. The van der Waals surface area contributed by atoms with E-state index in [9.17, 15) is 27.6 Å². The summed E-state index contributed by atoms with van der Waals surface area (Å²) < 4.78 is 39.2. The van der Waals surface area contributed by atoms with Gasteiger partial charge in [-0.25, -0.2) is 9.78 Å². The molecule has 0 atom stereocenters. The average molecular weight is 445 g/mol. The molecule has 1 aromatic carbocycles. The molecule has 13 heteroatoms. The zero-order valence-corrected chi connectivity index (χ0v) is 16.4. The summed E-state index contributed by atoms with van der Waals surface area (Å²) in [4.78, 5) is 41.7. The Labute approximate surface area is 169 Å². The molecule has 8 nitrogen and oxygen atoms in total. The van der Waals surface area contributed by atoms with Crippen molar-refractivity contribution in [2.24, 2.45) is 5.73 Å². The predicted octanol–water partition coefficient (Wildman–Crippen LogP) is 2.49. The van der Waals surface area contributed by atoms with Crippen molar-refractivity contribution in [3.8, 4) is 0 Å². The highest BCUT2D eigenvalue weighted by Gasteiger charge is 2.30. The molecule has 154 valence electrons. The Morgan fingerprint density at radius 2 is 2.10 bits per heavy atom. The number of fused-ring (bicyclic) bond motifs is 1. The van der Waals surface area contributed by atoms with Crippen LogP contribution in [0.25, 0.3) is 11.0 Å². The van der Waals surface area contributed by atoms with Crippen LogP contribution in [0.15, 0.2) is 27.2 Å². The number of nitrogens with one attached hydrogen (secondary N) is 2. The third-order valence-corrected chi connectivity index (χ3v) is 6.15. The number of primary amides is 1. The number of anilines is 1. The van der Waals surface area contributed by atoms with Crippen molar-refractivity contribution in [2.45, 2.75) is 23.9 Å². The zero-order valence-electron chi connectivity index (χ0n) is 14.8. The van der Waals surface area contributed by atoms with Crippen LogP contribution >= 0.6 is 23.1 Å². The van der Waals surface area contributed by atoms with Crippen LogP contribution in [0.4, 0.5) is 18.3 Å². The number of benzene rings is 1. The molecule has 0 unspecified atom stereocenters. The van der Waals surface area contributed by atoms with Crippen molar-refractivity contribution >= 4 is 51.1 Å². The third kappa shape index (κ3) is 4.98. The monoisotopic (exact) mass is 445 g/mol. The highest BCUT2D eigenvalue weighted by atomic mass is 32.2. The predicted molar refractivity (Wildman–Crippen MR) is 103 cm³/mol. The number of thiazole rings is 1. The maximum Gasteiger partial charge on any atom is 0.406 e. The number of carbonyl (C=O) groups excluding carboxylic acids is 2. The van der Waals surface area contributed by atoms with Crippen LogP contribution in [0, 0.1) is 6.92 Å². The number of H-pyrrole nitrogens is 1. The summed E-state index contributed by atoms with van der Waals surface area (Å²) in [5.41, 5.74) is 5.11. The fraction of sp³-hybridized carbons (Fsp3) is 0.250. The molecule has 0 aliphatic rings. The number of hydrogen-bond donors (Lipinski definition) is 3. The van der Waals surface area contributed by atoms with E-state index in [1.165, 1.54) is 41.3 Å². The summed E-state index contributed by atoms with van der Waals surface area (Å²) in [6, 6.07) is 3.89. The zero-order chi connectivity index (χ0) is 21.3. The van der Waals surface area contributed by atoms with Gasteiger partial charge in [0.1, 0.15) is 6.54 Å². The molecule has 3 rings (SSSR count). The number of carbonyl (C=O) groups is 2. The molecule has 0 spiro atoms. The minimum atomic E-state index is -4.55. The fourth-order valence-corrected chi connectivity index (χ4v) is 4.39. The summed E-state index contributed by atoms with van der Waals surface area (Å²) in [6.07, 6.45) is -4.55. The number of nitrogens with zero attached hydrogens (tertiary/aromatic N) is 2. The van der Waals surface area contributed by atoms with Gasteiger partial charge in [-0.15, -0.1) is 11.8 Å². The van der Waals surface area contributed by atoms with Crippen LogP contribution < -0.4 is 16.7 Å². The molecule has 0 saturated carbocycles. The van der Waals surface area contributed by atoms with Crippen molar-refractivity contribution < 1.29 is 22.8 Å². The lowest BCUT2D eigenvalue weighted by Crippen LogP contribution is -2.26. The third-order valence-electron chi connectivity index (χ3n) is 3.69. The van der Waals surface area contributed by atoms with Gasteiger partial charge in [0, 0.05) is 5.56 Å². The number of rotatable bonds is 6. The van der Waals surface area contributed by atoms with Gasteiger partial charge in [0.2, 0.25) is 5.91 Å². The number of alkyl halides is 3. The van der Waals surface area contributed by atoms with Crippen LogP contribution in [-0.4, -0.2) is 38.3 Å². The number of hydrogen-bond acceptors (Lipinski definition) is 6. The van der Waals surface area contributed by atoms with E-state index in [0.29, 0.717) is 15.4 Å². The Morgan fingerprint density at radius 1 is 1.38 bits per heavy atom. The molecule has 3 aromatic rings. The highest BCUT2D eigenvalue weighted by Crippen LogP contribution is 2.32. The van der Waals surface area contributed by atoms with Crippen LogP contribution in [-0.2, 0) is 11.3 Å². The second-order valence-corrected chi connectivity index (χ2v) is 8.21. The normalized spacial score (nSPS) is 11.7. The molecule has 2 amide bonds. The second-order valence-electron chi connectivity index (χ2n) is 5.96. The summed E-state index contributed by atoms with van der Waals surface area (Å²) >= 11 is 2.37. The first kappa shape index (κ1) is 20.9. The summed E-state index contributed by atoms with van der Waals surface area (Å²) in [5.74, 6) is -0.945. The first-order valence-corrected chi connectivity index (χ1v) is 9.83. The van der Waals surface area contributed by atoms with Gasteiger partial charge >= 0.3 is 11.9 Å². The molecule has 0 fully saturated rings. The van der Waals surface area contributed by atoms with Gasteiger partial charge in [-0.05, 0) is 25.1 Å². The number of amides is 2. The molecule has 4 N–H and O–H groups in total. The lowest BCUT2D eigenvalue weighted by molar-refractivity contribution is -0.140. The van der Waals surface area contributed by atoms with Gasteiger partial charge in [0.05, 0.1) is 26.7 Å². The molecule has 0 aliphatic heterocycles. The first-order chi connectivity index (χ1) is 13.5. The van der Waals surface area contributed by atoms with E-state index < -0.39 is 30.2 Å². The Kier molecular flexibility index (Phi) is 5.71. The van der Waals surface area contributed by atoms with Crippen LogP contribution in [0.3, 0.4) is 0 Å². The van der Waals surface area contributed by atoms with Gasteiger partial charge in [-0.3, -0.25) is 19.5 Å². The number of aromatic nitrogens is 3. The van der Waals surface area contributed by atoms with E-state index in [-0.39, 0.29) is 22.3 Å². The maximum atomic E-state index is 12.6. The SMILES string of the molecule is Cc1nc(NC(=O)c2ccc3c(c2)[nH]c(=O)n3CC(F)(F)F)sc1SCC(N)=O. The summed E-state index contributed by atoms with van der Waals surface area (Å²) in [5, 5.41) is 2.89. The Hall–Kier alpha value is -2.80. The molecule has 2 heterocycles. The number of halogens is 3. The average Bonchev–Trinajstić information content (AvgIpc) is 3.10. The van der Waals surface area contributed by atoms with Crippen LogP contribution in [0.2, 0.25) is 0 Å².